The zero-order valence-electron chi connectivity index (χ0n) is 12.7. The number of nitro groups is 1. The predicted molar refractivity (Wildman–Crippen MR) is 87.9 cm³/mol. The third-order valence-electron chi connectivity index (χ3n) is 3.91. The van der Waals surface area contributed by atoms with Gasteiger partial charge in [0, 0.05) is 11.5 Å². The van der Waals surface area contributed by atoms with Gasteiger partial charge in [0.25, 0.3) is 5.56 Å². The lowest BCUT2D eigenvalue weighted by molar-refractivity contribution is -0.387. The summed E-state index contributed by atoms with van der Waals surface area (Å²) in [5.41, 5.74) is 0.531. The summed E-state index contributed by atoms with van der Waals surface area (Å²) in [7, 11) is 0. The number of nitro benzene ring substituents is 1. The third-order valence-corrected chi connectivity index (χ3v) is 3.91. The normalized spacial score (nSPS) is 11.2. The van der Waals surface area contributed by atoms with Crippen LogP contribution in [0.5, 0.6) is 0 Å². The molecule has 0 unspecified atom stereocenters. The summed E-state index contributed by atoms with van der Waals surface area (Å²) in [5, 5.41) is 11.4. The minimum Gasteiger partial charge on any atom is -0.448 e. The van der Waals surface area contributed by atoms with E-state index < -0.39 is 22.0 Å². The van der Waals surface area contributed by atoms with Gasteiger partial charge < -0.3 is 4.42 Å². The van der Waals surface area contributed by atoms with Crippen molar-refractivity contribution in [3.63, 3.8) is 0 Å². The van der Waals surface area contributed by atoms with E-state index in [4.69, 9.17) is 4.42 Å². The summed E-state index contributed by atoms with van der Waals surface area (Å²) in [6.07, 6.45) is 1.35. The number of nitrogens with zero attached hydrogens (tertiary/aromatic N) is 3. The van der Waals surface area contributed by atoms with Crippen molar-refractivity contribution in [3.05, 3.63) is 80.6 Å². The summed E-state index contributed by atoms with van der Waals surface area (Å²) < 4.78 is 20.6. The van der Waals surface area contributed by atoms with Gasteiger partial charge in [0.05, 0.1) is 17.8 Å². The van der Waals surface area contributed by atoms with Crippen molar-refractivity contribution in [2.75, 3.05) is 0 Å². The van der Waals surface area contributed by atoms with Crippen LogP contribution in [0.2, 0.25) is 0 Å². The lowest BCUT2D eigenvalue weighted by Crippen LogP contribution is -2.20. The summed E-state index contributed by atoms with van der Waals surface area (Å²) in [6, 6.07) is 10.7. The van der Waals surface area contributed by atoms with E-state index in [0.29, 0.717) is 16.7 Å². The molecule has 0 N–H and O–H groups in total. The molecule has 2 aromatic heterocycles. The van der Waals surface area contributed by atoms with Crippen molar-refractivity contribution >= 4 is 27.8 Å². The van der Waals surface area contributed by atoms with Crippen molar-refractivity contribution in [2.45, 2.75) is 6.54 Å². The Morgan fingerprint density at radius 3 is 2.80 bits per heavy atom. The molecule has 0 aliphatic heterocycles. The van der Waals surface area contributed by atoms with Crippen LogP contribution in [0.15, 0.2) is 58.0 Å². The van der Waals surface area contributed by atoms with Crippen molar-refractivity contribution in [1.82, 2.24) is 9.55 Å². The first-order chi connectivity index (χ1) is 12.0. The van der Waals surface area contributed by atoms with Gasteiger partial charge in [0.1, 0.15) is 11.1 Å². The van der Waals surface area contributed by atoms with Gasteiger partial charge in [-0.15, -0.1) is 0 Å². The SMILES string of the molecule is O=c1c2oc3ccccc3c2ncn1Cc1ccc([N+](=O)[O-])c(F)c1. The van der Waals surface area contributed by atoms with Crippen LogP contribution in [0.3, 0.4) is 0 Å². The predicted octanol–water partition coefficient (Wildman–Crippen LogP) is 3.24. The molecule has 0 spiro atoms. The van der Waals surface area contributed by atoms with Crippen molar-refractivity contribution < 1.29 is 13.7 Å². The first-order valence-corrected chi connectivity index (χ1v) is 7.34. The van der Waals surface area contributed by atoms with Crippen LogP contribution in [0.4, 0.5) is 10.1 Å². The largest absolute Gasteiger partial charge is 0.448 e. The fourth-order valence-electron chi connectivity index (χ4n) is 2.72. The number of rotatable bonds is 3. The molecule has 0 saturated carbocycles. The van der Waals surface area contributed by atoms with Crippen LogP contribution in [-0.2, 0) is 6.54 Å². The second kappa shape index (κ2) is 5.52. The standard InChI is InChI=1S/C17H10FN3O4/c18-12-7-10(5-6-13(12)21(23)24)8-20-9-19-15-11-3-1-2-4-14(11)25-16(15)17(20)22/h1-7,9H,8H2. The zero-order chi connectivity index (χ0) is 17.6. The van der Waals surface area contributed by atoms with Gasteiger partial charge in [0.15, 0.2) is 0 Å². The summed E-state index contributed by atoms with van der Waals surface area (Å²) in [6.45, 7) is 0.0216. The minimum atomic E-state index is -0.951. The molecular formula is C17H10FN3O4. The van der Waals surface area contributed by atoms with Crippen LogP contribution in [0, 0.1) is 15.9 Å². The van der Waals surface area contributed by atoms with Gasteiger partial charge in [-0.2, -0.15) is 4.39 Å². The molecule has 0 saturated heterocycles. The molecule has 0 amide bonds. The number of hydrogen-bond acceptors (Lipinski definition) is 5. The molecular weight excluding hydrogens is 329 g/mol. The molecule has 2 heterocycles. The Bertz CT molecular complexity index is 1200. The van der Waals surface area contributed by atoms with Crippen LogP contribution in [-0.4, -0.2) is 14.5 Å². The van der Waals surface area contributed by atoms with Gasteiger partial charge in [-0.3, -0.25) is 19.5 Å². The van der Waals surface area contributed by atoms with Crippen molar-refractivity contribution in [2.24, 2.45) is 0 Å². The molecule has 0 radical (unpaired) electrons. The monoisotopic (exact) mass is 339 g/mol. The van der Waals surface area contributed by atoms with Gasteiger partial charge in [-0.25, -0.2) is 4.98 Å². The van der Waals surface area contributed by atoms with Crippen LogP contribution in [0.1, 0.15) is 5.56 Å². The molecule has 0 bridgehead atoms. The number of benzene rings is 2. The topological polar surface area (TPSA) is 91.2 Å². The Kier molecular flexibility index (Phi) is 3.31. The highest BCUT2D eigenvalue weighted by Crippen LogP contribution is 2.24. The van der Waals surface area contributed by atoms with Crippen LogP contribution >= 0.6 is 0 Å². The van der Waals surface area contributed by atoms with E-state index >= 15 is 0 Å². The van der Waals surface area contributed by atoms with E-state index in [2.05, 4.69) is 4.98 Å². The highest BCUT2D eigenvalue weighted by atomic mass is 19.1. The zero-order valence-corrected chi connectivity index (χ0v) is 12.7. The number of halogens is 1. The molecule has 0 aliphatic rings. The summed E-state index contributed by atoms with van der Waals surface area (Å²) >= 11 is 0. The molecule has 8 heteroatoms. The molecule has 2 aromatic carbocycles. The Morgan fingerprint density at radius 2 is 2.04 bits per heavy atom. The van der Waals surface area contributed by atoms with E-state index in [-0.39, 0.29) is 12.1 Å². The number of hydrogen-bond donors (Lipinski definition) is 0. The maximum absolute atomic E-state index is 13.7. The highest BCUT2D eigenvalue weighted by molar-refractivity contribution is 6.01. The second-order valence-electron chi connectivity index (χ2n) is 5.50. The van der Waals surface area contributed by atoms with Crippen molar-refractivity contribution in [1.29, 1.82) is 0 Å². The van der Waals surface area contributed by atoms with E-state index in [1.807, 2.05) is 12.1 Å². The van der Waals surface area contributed by atoms with Gasteiger partial charge >= 0.3 is 5.69 Å². The molecule has 4 rings (SSSR count). The average Bonchev–Trinajstić information content (AvgIpc) is 2.97. The smallest absolute Gasteiger partial charge is 0.304 e. The lowest BCUT2D eigenvalue weighted by Gasteiger charge is -2.05. The Morgan fingerprint density at radius 1 is 1.24 bits per heavy atom. The molecule has 124 valence electrons. The first-order valence-electron chi connectivity index (χ1n) is 7.34. The van der Waals surface area contributed by atoms with E-state index in [1.165, 1.54) is 17.0 Å². The molecule has 4 aromatic rings. The van der Waals surface area contributed by atoms with Crippen LogP contribution in [0.25, 0.3) is 22.1 Å². The third kappa shape index (κ3) is 2.44. The Balaban J connectivity index is 1.78. The second-order valence-corrected chi connectivity index (χ2v) is 5.50. The lowest BCUT2D eigenvalue weighted by atomic mass is 10.2. The molecule has 7 nitrogen and oxygen atoms in total. The van der Waals surface area contributed by atoms with E-state index in [0.717, 1.165) is 17.5 Å². The number of furan rings is 1. The minimum absolute atomic E-state index is 0.0216. The number of fused-ring (bicyclic) bond motifs is 3. The first kappa shape index (κ1) is 15.0. The maximum atomic E-state index is 13.7. The fourth-order valence-corrected chi connectivity index (χ4v) is 2.72. The average molecular weight is 339 g/mol. The Labute approximate surface area is 139 Å². The quantitative estimate of drug-likeness (QED) is 0.422. The highest BCUT2D eigenvalue weighted by Gasteiger charge is 2.16. The fraction of sp³-hybridized carbons (Fsp3) is 0.0588. The van der Waals surface area contributed by atoms with Gasteiger partial charge in [-0.05, 0) is 23.8 Å². The van der Waals surface area contributed by atoms with E-state index in [9.17, 15) is 19.3 Å². The summed E-state index contributed by atoms with van der Waals surface area (Å²) in [5.74, 6) is -0.951. The molecule has 0 aliphatic carbocycles. The molecule has 25 heavy (non-hydrogen) atoms. The van der Waals surface area contributed by atoms with Crippen molar-refractivity contribution in [3.8, 4) is 0 Å². The number of para-hydroxylation sites is 1. The molecule has 0 fully saturated rings. The van der Waals surface area contributed by atoms with Crippen LogP contribution < -0.4 is 5.56 Å². The van der Waals surface area contributed by atoms with Gasteiger partial charge in [-0.1, -0.05) is 18.2 Å². The number of aromatic nitrogens is 2. The van der Waals surface area contributed by atoms with Gasteiger partial charge in [0.2, 0.25) is 11.4 Å². The van der Waals surface area contributed by atoms with E-state index in [1.54, 1.807) is 12.1 Å². The Hall–Kier alpha value is -3.55. The summed E-state index contributed by atoms with van der Waals surface area (Å²) in [4.78, 5) is 26.7. The maximum Gasteiger partial charge on any atom is 0.304 e. The molecule has 0 atom stereocenters.